The molecule has 0 heterocycles. The second-order valence-corrected chi connectivity index (χ2v) is 14.8. The summed E-state index contributed by atoms with van der Waals surface area (Å²) in [4.78, 5) is 0. The first-order chi connectivity index (χ1) is 18.7. The highest BCUT2D eigenvalue weighted by molar-refractivity contribution is 7.03. The molecule has 2 aliphatic carbocycles. The minimum Gasteiger partial charge on any atom is -0.0668 e. The molecule has 0 aromatic heterocycles. The summed E-state index contributed by atoms with van der Waals surface area (Å²) in [5.74, 6) is 0. The molecule has 1 heteroatoms. The largest absolute Gasteiger partial charge is 0.137 e. The number of rotatable bonds is 5. The predicted molar refractivity (Wildman–Crippen MR) is 165 cm³/mol. The van der Waals surface area contributed by atoms with Gasteiger partial charge >= 0.3 is 0 Å². The molecule has 0 amide bonds. The second kappa shape index (κ2) is 9.27. The van der Waals surface area contributed by atoms with Gasteiger partial charge in [0.25, 0.3) is 0 Å². The van der Waals surface area contributed by atoms with Crippen LogP contribution in [0.3, 0.4) is 0 Å². The fourth-order valence-electron chi connectivity index (χ4n) is 6.47. The molecule has 182 valence electrons. The Hall–Kier alpha value is -4.20. The van der Waals surface area contributed by atoms with Crippen LogP contribution in [-0.4, -0.2) is 8.07 Å². The van der Waals surface area contributed by atoms with Crippen molar-refractivity contribution >= 4 is 25.4 Å². The first kappa shape index (κ1) is 23.0. The molecule has 0 saturated carbocycles. The lowest BCUT2D eigenvalue weighted by Crippen LogP contribution is -2.49. The van der Waals surface area contributed by atoms with Gasteiger partial charge in [-0.1, -0.05) is 162 Å². The zero-order valence-corrected chi connectivity index (χ0v) is 22.7. The molecular weight excluding hydrogens is 472 g/mol. The maximum absolute atomic E-state index is 2.59. The monoisotopic (exact) mass is 502 g/mol. The van der Waals surface area contributed by atoms with E-state index in [1.165, 1.54) is 49.7 Å². The average molecular weight is 503 g/mol. The molecule has 0 nitrogen and oxygen atoms in total. The number of allylic oxidation sites excluding steroid dienone is 2. The topological polar surface area (TPSA) is 0 Å². The lowest BCUT2D eigenvalue weighted by atomic mass is 9.97. The Balaban J connectivity index is 1.38. The van der Waals surface area contributed by atoms with Crippen molar-refractivity contribution in [2.24, 2.45) is 0 Å². The van der Waals surface area contributed by atoms with Crippen molar-refractivity contribution in [3.05, 3.63) is 160 Å². The van der Waals surface area contributed by atoms with Gasteiger partial charge in [-0.2, -0.15) is 0 Å². The van der Waals surface area contributed by atoms with Crippen molar-refractivity contribution in [3.8, 4) is 22.3 Å². The Morgan fingerprint density at radius 3 is 1.32 bits per heavy atom. The Labute approximate surface area is 226 Å². The molecule has 5 aromatic carbocycles. The van der Waals surface area contributed by atoms with Crippen LogP contribution in [0.25, 0.3) is 34.4 Å². The van der Waals surface area contributed by atoms with Crippen LogP contribution in [0, 0.1) is 0 Å². The van der Waals surface area contributed by atoms with E-state index in [4.69, 9.17) is 0 Å². The summed E-state index contributed by atoms with van der Waals surface area (Å²) in [6, 6.07) is 46.7. The van der Waals surface area contributed by atoms with Crippen LogP contribution in [0.4, 0.5) is 0 Å². The van der Waals surface area contributed by atoms with Crippen LogP contribution >= 0.6 is 0 Å². The first-order valence-electron chi connectivity index (χ1n) is 13.5. The van der Waals surface area contributed by atoms with Gasteiger partial charge in [-0.25, -0.2) is 0 Å². The van der Waals surface area contributed by atoms with Crippen LogP contribution in [0.5, 0.6) is 0 Å². The highest BCUT2D eigenvalue weighted by Gasteiger charge is 2.41. The number of hydrogen-bond donors (Lipinski definition) is 0. The molecule has 5 aromatic rings. The summed E-state index contributed by atoms with van der Waals surface area (Å²) < 4.78 is 0. The van der Waals surface area contributed by atoms with Crippen LogP contribution in [-0.2, 0) is 12.8 Å². The third kappa shape index (κ3) is 3.74. The SMILES string of the molecule is C[Si](C1=Cc2c(cccc2-c2ccccc2)C1)(C1=Cc2c(cccc2-c2ccccc2)C1)c1ccccc1. The number of hydrogen-bond acceptors (Lipinski definition) is 0. The lowest BCUT2D eigenvalue weighted by Gasteiger charge is -2.32. The summed E-state index contributed by atoms with van der Waals surface area (Å²) in [5, 5.41) is 4.73. The van der Waals surface area contributed by atoms with Gasteiger partial charge in [0.2, 0.25) is 0 Å². The minimum absolute atomic E-state index is 1.03. The fraction of sp³-hybridized carbons (Fsp3) is 0.0811. The summed E-state index contributed by atoms with van der Waals surface area (Å²) in [6.45, 7) is 2.59. The fourth-order valence-corrected chi connectivity index (χ4v) is 10.4. The molecule has 38 heavy (non-hydrogen) atoms. The molecule has 2 aliphatic rings. The Bertz CT molecular complexity index is 1590. The van der Waals surface area contributed by atoms with E-state index in [1.807, 2.05) is 0 Å². The zero-order valence-electron chi connectivity index (χ0n) is 21.7. The van der Waals surface area contributed by atoms with Gasteiger partial charge in [0.15, 0.2) is 0 Å². The molecule has 0 radical (unpaired) electrons. The van der Waals surface area contributed by atoms with E-state index in [0.717, 1.165) is 12.8 Å². The summed E-state index contributed by atoms with van der Waals surface area (Å²) >= 11 is 0. The molecule has 0 unspecified atom stereocenters. The number of benzene rings is 5. The van der Waals surface area contributed by atoms with Crippen molar-refractivity contribution < 1.29 is 0 Å². The van der Waals surface area contributed by atoms with Gasteiger partial charge in [0, 0.05) is 0 Å². The highest BCUT2D eigenvalue weighted by Crippen LogP contribution is 2.43. The Morgan fingerprint density at radius 2 is 0.868 bits per heavy atom. The molecular formula is C37H30Si. The van der Waals surface area contributed by atoms with Gasteiger partial charge in [-0.05, 0) is 57.3 Å². The van der Waals surface area contributed by atoms with E-state index in [9.17, 15) is 0 Å². The third-order valence-electron chi connectivity index (χ3n) is 8.60. The van der Waals surface area contributed by atoms with Crippen LogP contribution in [0.1, 0.15) is 22.3 Å². The molecule has 0 bridgehead atoms. The van der Waals surface area contributed by atoms with Crippen LogP contribution in [0.15, 0.2) is 138 Å². The quantitative estimate of drug-likeness (QED) is 0.211. The van der Waals surface area contributed by atoms with Crippen LogP contribution in [0.2, 0.25) is 6.55 Å². The van der Waals surface area contributed by atoms with Gasteiger partial charge in [-0.3, -0.25) is 0 Å². The Kier molecular flexibility index (Phi) is 5.60. The predicted octanol–water partition coefficient (Wildman–Crippen LogP) is 8.66. The lowest BCUT2D eigenvalue weighted by molar-refractivity contribution is 1.23. The van der Waals surface area contributed by atoms with Gasteiger partial charge in [-0.15, -0.1) is 0 Å². The van der Waals surface area contributed by atoms with Gasteiger partial charge in [0.05, 0.1) is 0 Å². The number of fused-ring (bicyclic) bond motifs is 2. The normalized spacial score (nSPS) is 14.0. The van der Waals surface area contributed by atoms with E-state index in [0.29, 0.717) is 0 Å². The van der Waals surface area contributed by atoms with E-state index in [2.05, 4.69) is 146 Å². The minimum atomic E-state index is -2.18. The highest BCUT2D eigenvalue weighted by atomic mass is 28.3. The van der Waals surface area contributed by atoms with E-state index < -0.39 is 8.07 Å². The van der Waals surface area contributed by atoms with Gasteiger partial charge < -0.3 is 0 Å². The first-order valence-corrected chi connectivity index (χ1v) is 16.0. The molecule has 0 saturated heterocycles. The molecule has 0 fully saturated rings. The standard InChI is InChI=1S/C37H30Si/c1-38(31-19-9-4-10-20-31,32-23-29-17-11-21-34(36(29)25-32)27-13-5-2-6-14-27)33-24-30-18-12-22-35(37(30)26-33)28-15-7-3-8-16-28/h2-22,25-26H,23-24H2,1H3. The van der Waals surface area contributed by atoms with E-state index in [-0.39, 0.29) is 0 Å². The maximum Gasteiger partial charge on any atom is 0.137 e. The second-order valence-electron chi connectivity index (χ2n) is 10.7. The summed E-state index contributed by atoms with van der Waals surface area (Å²) in [6.07, 6.45) is 7.18. The van der Waals surface area contributed by atoms with Crippen molar-refractivity contribution in [2.75, 3.05) is 0 Å². The molecule has 0 spiro atoms. The molecule has 0 atom stereocenters. The smallest absolute Gasteiger partial charge is 0.0668 e. The molecule has 7 rings (SSSR count). The van der Waals surface area contributed by atoms with Crippen molar-refractivity contribution in [3.63, 3.8) is 0 Å². The average Bonchev–Trinajstić information content (AvgIpc) is 3.63. The van der Waals surface area contributed by atoms with Gasteiger partial charge in [0.1, 0.15) is 8.07 Å². The molecule has 0 aliphatic heterocycles. The summed E-state index contributed by atoms with van der Waals surface area (Å²) in [5.41, 5.74) is 11.0. The zero-order chi connectivity index (χ0) is 25.5. The maximum atomic E-state index is 2.59. The van der Waals surface area contributed by atoms with E-state index in [1.54, 1.807) is 10.4 Å². The van der Waals surface area contributed by atoms with Crippen molar-refractivity contribution in [1.29, 1.82) is 0 Å². The van der Waals surface area contributed by atoms with Crippen LogP contribution < -0.4 is 5.19 Å². The summed E-state index contributed by atoms with van der Waals surface area (Å²) in [7, 11) is -2.18. The Morgan fingerprint density at radius 1 is 0.447 bits per heavy atom. The van der Waals surface area contributed by atoms with Crippen molar-refractivity contribution in [2.45, 2.75) is 19.4 Å². The van der Waals surface area contributed by atoms with E-state index >= 15 is 0 Å². The molecule has 0 N–H and O–H groups in total. The third-order valence-corrected chi connectivity index (χ3v) is 13.3. The van der Waals surface area contributed by atoms with Crippen molar-refractivity contribution in [1.82, 2.24) is 0 Å².